The molecule has 1 aromatic heterocycles. The fourth-order valence-corrected chi connectivity index (χ4v) is 3.69. The van der Waals surface area contributed by atoms with E-state index in [1.807, 2.05) is 5.32 Å². The maximum Gasteiger partial charge on any atom is 0.322 e. The minimum absolute atomic E-state index is 0.0698. The summed E-state index contributed by atoms with van der Waals surface area (Å²) in [6, 6.07) is -5.04. The average Bonchev–Trinajstić information content (AvgIpc) is 3.40. The van der Waals surface area contributed by atoms with Crippen LogP contribution in [0.25, 0.3) is 0 Å². The standard InChI is InChI=1S/C24H40N10O8/c1-12(2)6-16(23(42)34-17(8-18(35)36)21(40)30-10-19(37)38)33-22(41)15(4-3-5-29-24(26)27)32-20(39)14(25)7-13-9-28-11-31-13/h9,11-12,14-17H,3-8,10,25H2,1-2H3,(H,28,31)(H,30,40)(H,32,39)(H,33,41)(H,34,42)(H,35,36)(H,37,38)(H4,26,27,29)/t14-,15-,16-,17-/m0/s1. The lowest BCUT2D eigenvalue weighted by atomic mass is 10.0. The quantitative estimate of drug-likeness (QED) is 0.0423. The van der Waals surface area contributed by atoms with Gasteiger partial charge >= 0.3 is 11.9 Å². The number of hydrogen-bond donors (Lipinski definition) is 10. The summed E-state index contributed by atoms with van der Waals surface area (Å²) in [5.41, 5.74) is 17.3. The number of carboxylic acids is 2. The Bertz CT molecular complexity index is 1100. The number of amides is 4. The zero-order valence-corrected chi connectivity index (χ0v) is 23.5. The summed E-state index contributed by atoms with van der Waals surface area (Å²) in [7, 11) is 0. The fourth-order valence-electron chi connectivity index (χ4n) is 3.69. The summed E-state index contributed by atoms with van der Waals surface area (Å²) >= 11 is 0. The van der Waals surface area contributed by atoms with Crippen LogP contribution in [0, 0.1) is 5.92 Å². The van der Waals surface area contributed by atoms with Gasteiger partial charge in [-0.1, -0.05) is 13.8 Å². The number of carbonyl (C=O) groups is 6. The van der Waals surface area contributed by atoms with Crippen molar-refractivity contribution >= 4 is 41.5 Å². The molecule has 234 valence electrons. The molecular weight excluding hydrogens is 556 g/mol. The Labute approximate surface area is 241 Å². The van der Waals surface area contributed by atoms with Crippen molar-refractivity contribution in [2.24, 2.45) is 28.1 Å². The number of H-pyrrole nitrogens is 1. The van der Waals surface area contributed by atoms with E-state index in [0.717, 1.165) is 0 Å². The summed E-state index contributed by atoms with van der Waals surface area (Å²) in [5.74, 6) is -6.39. The van der Waals surface area contributed by atoms with Crippen LogP contribution in [0.1, 0.15) is 45.2 Å². The minimum atomic E-state index is -1.61. The molecule has 1 rings (SSSR count). The molecule has 4 atom stereocenters. The number of imidazole rings is 1. The van der Waals surface area contributed by atoms with E-state index < -0.39 is 72.7 Å². The monoisotopic (exact) mass is 596 g/mol. The lowest BCUT2D eigenvalue weighted by Gasteiger charge is -2.26. The topological polar surface area (TPSA) is 310 Å². The van der Waals surface area contributed by atoms with Gasteiger partial charge in [0.15, 0.2) is 5.96 Å². The maximum absolute atomic E-state index is 13.3. The van der Waals surface area contributed by atoms with Crippen LogP contribution >= 0.6 is 0 Å². The molecule has 4 amide bonds. The highest BCUT2D eigenvalue weighted by Crippen LogP contribution is 2.09. The van der Waals surface area contributed by atoms with Crippen LogP contribution in [0.15, 0.2) is 17.5 Å². The van der Waals surface area contributed by atoms with Crippen molar-refractivity contribution in [1.82, 2.24) is 31.2 Å². The smallest absolute Gasteiger partial charge is 0.322 e. The first-order valence-corrected chi connectivity index (χ1v) is 13.1. The first kappa shape index (κ1) is 35.3. The number of nitrogens with zero attached hydrogens (tertiary/aromatic N) is 2. The fraction of sp³-hybridized carbons (Fsp3) is 0.583. The van der Waals surface area contributed by atoms with Crippen molar-refractivity contribution in [3.05, 3.63) is 18.2 Å². The van der Waals surface area contributed by atoms with Crippen molar-refractivity contribution in [2.45, 2.75) is 70.1 Å². The second kappa shape index (κ2) is 17.8. The predicted octanol–water partition coefficient (Wildman–Crippen LogP) is -3.49. The van der Waals surface area contributed by atoms with Crippen LogP contribution in [-0.4, -0.2) is 99.0 Å². The number of aliphatic imine (C=N–C) groups is 1. The number of carboxylic acid groups (broad SMARTS) is 2. The second-order valence-electron chi connectivity index (χ2n) is 9.86. The van der Waals surface area contributed by atoms with Gasteiger partial charge in [-0.05, 0) is 25.2 Å². The molecule has 0 bridgehead atoms. The summed E-state index contributed by atoms with van der Waals surface area (Å²) in [5, 5.41) is 27.4. The summed E-state index contributed by atoms with van der Waals surface area (Å²) in [4.78, 5) is 84.2. The molecule has 0 saturated heterocycles. The Balaban J connectivity index is 3.08. The van der Waals surface area contributed by atoms with Gasteiger partial charge in [-0.3, -0.25) is 33.8 Å². The molecule has 1 heterocycles. The molecule has 0 fully saturated rings. The number of aliphatic carboxylic acids is 2. The first-order chi connectivity index (χ1) is 19.7. The zero-order valence-electron chi connectivity index (χ0n) is 23.5. The molecule has 0 unspecified atom stereocenters. The number of nitrogens with two attached hydrogens (primary N) is 3. The van der Waals surface area contributed by atoms with Crippen molar-refractivity contribution in [2.75, 3.05) is 13.1 Å². The van der Waals surface area contributed by atoms with E-state index in [1.54, 1.807) is 13.8 Å². The number of hydrogen-bond acceptors (Lipinski definition) is 9. The van der Waals surface area contributed by atoms with Gasteiger partial charge in [0.25, 0.3) is 0 Å². The highest BCUT2D eigenvalue weighted by Gasteiger charge is 2.31. The molecule has 13 N–H and O–H groups in total. The van der Waals surface area contributed by atoms with E-state index >= 15 is 0 Å². The van der Waals surface area contributed by atoms with E-state index in [4.69, 9.17) is 22.3 Å². The van der Waals surface area contributed by atoms with Gasteiger partial charge in [0.05, 0.1) is 18.8 Å². The number of nitrogens with one attached hydrogen (secondary N) is 5. The van der Waals surface area contributed by atoms with Crippen LogP contribution in [0.5, 0.6) is 0 Å². The third-order valence-electron chi connectivity index (χ3n) is 5.68. The Kier molecular flexibility index (Phi) is 15.0. The molecule has 18 nitrogen and oxygen atoms in total. The predicted molar refractivity (Wildman–Crippen MR) is 148 cm³/mol. The molecule has 0 radical (unpaired) electrons. The Morgan fingerprint density at radius 1 is 0.929 bits per heavy atom. The van der Waals surface area contributed by atoms with Gasteiger partial charge < -0.3 is 53.7 Å². The number of aromatic nitrogens is 2. The average molecular weight is 597 g/mol. The molecule has 0 spiro atoms. The van der Waals surface area contributed by atoms with Crippen LogP contribution in [0.2, 0.25) is 0 Å². The van der Waals surface area contributed by atoms with E-state index in [-0.39, 0.29) is 44.1 Å². The molecule has 18 heteroatoms. The van der Waals surface area contributed by atoms with Gasteiger partial charge in [-0.2, -0.15) is 0 Å². The van der Waals surface area contributed by atoms with Gasteiger partial charge in [0, 0.05) is 24.9 Å². The van der Waals surface area contributed by atoms with Crippen LogP contribution < -0.4 is 38.5 Å². The van der Waals surface area contributed by atoms with Gasteiger partial charge in [0.2, 0.25) is 23.6 Å². The second-order valence-corrected chi connectivity index (χ2v) is 9.86. The summed E-state index contributed by atoms with van der Waals surface area (Å²) < 4.78 is 0. The summed E-state index contributed by atoms with van der Waals surface area (Å²) in [6.07, 6.45) is 2.64. The maximum atomic E-state index is 13.3. The number of aromatic amines is 1. The summed E-state index contributed by atoms with van der Waals surface area (Å²) in [6.45, 7) is 2.90. The van der Waals surface area contributed by atoms with Crippen LogP contribution in [0.4, 0.5) is 0 Å². The third-order valence-corrected chi connectivity index (χ3v) is 5.68. The Morgan fingerprint density at radius 2 is 1.55 bits per heavy atom. The van der Waals surface area contributed by atoms with E-state index in [0.29, 0.717) is 5.69 Å². The highest BCUT2D eigenvalue weighted by molar-refractivity contribution is 5.96. The molecule has 0 aliphatic heterocycles. The SMILES string of the molecule is CC(C)C[C@H](NC(=O)[C@H](CCCN=C(N)N)NC(=O)[C@@H](N)Cc1cnc[nH]1)C(=O)N[C@@H](CC(=O)O)C(=O)NCC(=O)O. The minimum Gasteiger partial charge on any atom is -0.481 e. The lowest BCUT2D eigenvalue weighted by Crippen LogP contribution is -2.58. The third kappa shape index (κ3) is 14.1. The first-order valence-electron chi connectivity index (χ1n) is 13.1. The van der Waals surface area contributed by atoms with Gasteiger partial charge in [-0.25, -0.2) is 4.98 Å². The molecule has 0 aromatic carbocycles. The van der Waals surface area contributed by atoms with E-state index in [1.165, 1.54) is 12.5 Å². The van der Waals surface area contributed by atoms with Gasteiger partial charge in [-0.15, -0.1) is 0 Å². The van der Waals surface area contributed by atoms with Crippen molar-refractivity contribution in [3.8, 4) is 0 Å². The molecule has 0 aliphatic carbocycles. The largest absolute Gasteiger partial charge is 0.481 e. The van der Waals surface area contributed by atoms with Crippen molar-refractivity contribution in [3.63, 3.8) is 0 Å². The lowest BCUT2D eigenvalue weighted by molar-refractivity contribution is -0.141. The highest BCUT2D eigenvalue weighted by atomic mass is 16.4. The molecule has 0 saturated carbocycles. The molecule has 42 heavy (non-hydrogen) atoms. The van der Waals surface area contributed by atoms with Gasteiger partial charge in [0.1, 0.15) is 24.7 Å². The van der Waals surface area contributed by atoms with Crippen molar-refractivity contribution < 1.29 is 39.0 Å². The Hall–Kier alpha value is -4.74. The van der Waals surface area contributed by atoms with E-state index in [2.05, 4.69) is 30.9 Å². The molecule has 1 aromatic rings. The van der Waals surface area contributed by atoms with Crippen molar-refractivity contribution in [1.29, 1.82) is 0 Å². The normalized spacial score (nSPS) is 13.6. The van der Waals surface area contributed by atoms with E-state index in [9.17, 15) is 33.9 Å². The number of carbonyl (C=O) groups excluding carboxylic acids is 4. The van der Waals surface area contributed by atoms with Crippen LogP contribution in [-0.2, 0) is 35.2 Å². The Morgan fingerprint density at radius 3 is 2.10 bits per heavy atom. The number of rotatable bonds is 19. The zero-order chi connectivity index (χ0) is 31.8. The number of guanidine groups is 1. The van der Waals surface area contributed by atoms with Crippen LogP contribution in [0.3, 0.4) is 0 Å². The molecular formula is C24H40N10O8. The molecule has 0 aliphatic rings.